The van der Waals surface area contributed by atoms with Crippen LogP contribution in [0.25, 0.3) is 0 Å². The minimum absolute atomic E-state index is 0.120. The topological polar surface area (TPSA) is 327 Å². The fourth-order valence-corrected chi connectivity index (χ4v) is 5.00. The number of carbonyl (C=O) groups is 2. The second-order valence-electron chi connectivity index (χ2n) is 7.61. The summed E-state index contributed by atoms with van der Waals surface area (Å²) in [7, 11) is -11.8. The van der Waals surface area contributed by atoms with Gasteiger partial charge in [-0.25, -0.2) is 34.8 Å². The summed E-state index contributed by atoms with van der Waals surface area (Å²) in [6.45, 7) is 0. The van der Waals surface area contributed by atoms with E-state index in [2.05, 4.69) is 0 Å². The first-order valence-electron chi connectivity index (χ1n) is 11.0. The molecule has 0 spiro atoms. The van der Waals surface area contributed by atoms with Crippen molar-refractivity contribution < 1.29 is 44.5 Å². The van der Waals surface area contributed by atoms with Crippen LogP contribution in [0.4, 0.5) is 15.3 Å². The molecule has 43 heavy (non-hydrogen) atoms. The summed E-state index contributed by atoms with van der Waals surface area (Å²) >= 11 is 0. The van der Waals surface area contributed by atoms with Gasteiger partial charge in [0.2, 0.25) is 0 Å². The number of nitro benzene ring substituents is 1. The zero-order chi connectivity index (χ0) is 32.4. The summed E-state index contributed by atoms with van der Waals surface area (Å²) in [4.78, 5) is 35.6. The van der Waals surface area contributed by atoms with Crippen LogP contribution in [0.3, 0.4) is 0 Å². The zero-order valence-corrected chi connectivity index (χ0v) is 23.8. The van der Waals surface area contributed by atoms with Crippen molar-refractivity contribution in [2.24, 2.45) is 17.3 Å². The van der Waals surface area contributed by atoms with Crippen molar-refractivity contribution in [1.29, 1.82) is 0 Å². The minimum Gasteiger partial charge on any atom is -0.457 e. The molecule has 11 N–H and O–H groups in total. The largest absolute Gasteiger partial charge is 0.457 e. The Labute approximate surface area is 243 Å². The smallest absolute Gasteiger partial charge is 0.327 e. The fraction of sp³-hybridized carbons (Fsp3) is 0. The number of nitrogens with zero attached hydrogens (tertiary/aromatic N) is 1. The number of non-ortho nitro benzene ring substituents is 1. The molecule has 23 heteroatoms. The van der Waals surface area contributed by atoms with E-state index in [1.807, 2.05) is 0 Å². The molecule has 3 aromatic carbocycles. The molecule has 0 aliphatic carbocycles. The number of benzene rings is 3. The van der Waals surface area contributed by atoms with Crippen LogP contribution in [-0.2, 0) is 30.1 Å². The number of carbonyl (C=O) groups excluding carboxylic acids is 2. The number of hydrogen-bond donors (Lipinski definition) is 8. The Hall–Kier alpha value is -4.91. The monoisotopic (exact) mass is 661 g/mol. The number of nitrogens with one attached hydrogen (secondary N) is 5. The molecule has 4 amide bonds. The van der Waals surface area contributed by atoms with Gasteiger partial charge in [0.25, 0.3) is 35.8 Å². The first-order valence-corrected chi connectivity index (χ1v) is 15.4. The molecule has 20 nitrogen and oxygen atoms in total. The summed E-state index contributed by atoms with van der Waals surface area (Å²) in [6.07, 6.45) is 0. The van der Waals surface area contributed by atoms with Crippen molar-refractivity contribution in [2.45, 2.75) is 14.7 Å². The van der Waals surface area contributed by atoms with Gasteiger partial charge in [-0.2, -0.15) is 4.83 Å². The molecule has 0 aliphatic rings. The average molecular weight is 662 g/mol. The molecular weight excluding hydrogens is 638 g/mol. The molecule has 3 aromatic rings. The third-order valence-corrected chi connectivity index (χ3v) is 8.36. The lowest BCUT2D eigenvalue weighted by Crippen LogP contribution is -2.44. The van der Waals surface area contributed by atoms with Gasteiger partial charge in [0, 0.05) is 12.1 Å². The number of urea groups is 2. The lowest BCUT2D eigenvalue weighted by molar-refractivity contribution is -0.384. The van der Waals surface area contributed by atoms with E-state index in [1.54, 1.807) is 25.3 Å². The molecule has 3 rings (SSSR count). The Morgan fingerprint density at radius 2 is 0.953 bits per heavy atom. The maximum atomic E-state index is 11.9. The van der Waals surface area contributed by atoms with E-state index < -0.39 is 47.1 Å². The predicted octanol–water partition coefficient (Wildman–Crippen LogP) is -1.05. The van der Waals surface area contributed by atoms with Gasteiger partial charge in [0.1, 0.15) is 11.5 Å². The van der Waals surface area contributed by atoms with Crippen molar-refractivity contribution in [1.82, 2.24) is 25.3 Å². The van der Waals surface area contributed by atoms with E-state index >= 15 is 0 Å². The highest BCUT2D eigenvalue weighted by Crippen LogP contribution is 2.24. The number of nitrogens with two attached hydrogens (primary N) is 3. The third kappa shape index (κ3) is 10.5. The number of sulfonamides is 3. The van der Waals surface area contributed by atoms with Gasteiger partial charge < -0.3 is 16.2 Å². The van der Waals surface area contributed by atoms with Crippen molar-refractivity contribution in [2.75, 3.05) is 0 Å². The van der Waals surface area contributed by atoms with Crippen LogP contribution in [0.15, 0.2) is 87.5 Å². The van der Waals surface area contributed by atoms with Gasteiger partial charge in [-0.05, 0) is 60.7 Å². The Morgan fingerprint density at radius 1 is 0.628 bits per heavy atom. The summed E-state index contributed by atoms with van der Waals surface area (Å²) in [5.41, 5.74) is 12.9. The van der Waals surface area contributed by atoms with Crippen molar-refractivity contribution in [3.63, 3.8) is 0 Å². The molecule has 0 aliphatic heterocycles. The van der Waals surface area contributed by atoms with E-state index in [-0.39, 0.29) is 31.9 Å². The van der Waals surface area contributed by atoms with Crippen LogP contribution >= 0.6 is 0 Å². The van der Waals surface area contributed by atoms with Gasteiger partial charge in [0.15, 0.2) is 0 Å². The quantitative estimate of drug-likeness (QED) is 0.0693. The number of hydrogen-bond acceptors (Lipinski definition) is 12. The van der Waals surface area contributed by atoms with Crippen LogP contribution < -0.4 is 47.4 Å². The molecule has 0 fully saturated rings. The molecular formula is C20H23N9O11S3. The van der Waals surface area contributed by atoms with Gasteiger partial charge >= 0.3 is 12.1 Å². The lowest BCUT2D eigenvalue weighted by Gasteiger charge is -2.10. The standard InChI is InChI=1S/C14H16N6O7S2.C6H7N3O4S/c15-13(21)17-19-28(23,24)11-5-1-9(2-6-11)27-10-3-7-12(8-4-10)29(25,26)20-18-14(16)22;7-8-14(12,13)6-3-1-5(2-4-6)9(10)11/h1-8,19-20H,(H3,15,17,21)(H3,16,18,22);1-4,8H,7H2. The first-order chi connectivity index (χ1) is 20.0. The zero-order valence-electron chi connectivity index (χ0n) is 21.3. The molecule has 0 unspecified atom stereocenters. The summed E-state index contributed by atoms with van der Waals surface area (Å²) in [5, 5.41) is 10.2. The van der Waals surface area contributed by atoms with E-state index in [1.165, 1.54) is 48.5 Å². The number of rotatable bonds is 11. The highest BCUT2D eigenvalue weighted by molar-refractivity contribution is 7.90. The SMILES string of the molecule is NC(=O)NNS(=O)(=O)c1ccc(Oc2ccc(S(=O)(=O)NNC(N)=O)cc2)cc1.NNS(=O)(=O)c1ccc([N+](=O)[O-])cc1. The molecule has 0 atom stereocenters. The Kier molecular flexibility index (Phi) is 11.4. The van der Waals surface area contributed by atoms with Crippen molar-refractivity contribution in [3.8, 4) is 11.5 Å². The molecule has 0 heterocycles. The Bertz CT molecular complexity index is 1690. The van der Waals surface area contributed by atoms with E-state index in [0.29, 0.717) is 0 Å². The Balaban J connectivity index is 0.000000385. The van der Waals surface area contributed by atoms with Gasteiger partial charge in [0.05, 0.1) is 19.6 Å². The number of hydrazine groups is 3. The van der Waals surface area contributed by atoms with E-state index in [9.17, 15) is 45.0 Å². The fourth-order valence-electron chi connectivity index (χ4n) is 2.68. The van der Waals surface area contributed by atoms with Crippen molar-refractivity contribution in [3.05, 3.63) is 82.9 Å². The summed E-state index contributed by atoms with van der Waals surface area (Å²) < 4.78 is 75.3. The predicted molar refractivity (Wildman–Crippen MR) is 147 cm³/mol. The van der Waals surface area contributed by atoms with Crippen LogP contribution in [-0.4, -0.2) is 42.2 Å². The number of amides is 4. The van der Waals surface area contributed by atoms with Gasteiger partial charge in [-0.15, -0.1) is 9.66 Å². The number of ether oxygens (including phenoxy) is 1. The minimum atomic E-state index is -4.01. The van der Waals surface area contributed by atoms with E-state index in [4.69, 9.17) is 22.0 Å². The second-order valence-corrected chi connectivity index (χ2v) is 12.7. The molecule has 232 valence electrons. The highest BCUT2D eigenvalue weighted by atomic mass is 32.2. The molecule has 0 saturated carbocycles. The molecule has 0 bridgehead atoms. The van der Waals surface area contributed by atoms with E-state index in [0.717, 1.165) is 24.3 Å². The lowest BCUT2D eigenvalue weighted by atomic mass is 10.3. The number of nitro groups is 1. The second kappa shape index (κ2) is 14.3. The number of primary amides is 2. The van der Waals surface area contributed by atoms with Crippen LogP contribution in [0, 0.1) is 10.1 Å². The maximum Gasteiger partial charge on any atom is 0.327 e. The Morgan fingerprint density at radius 3 is 1.26 bits per heavy atom. The maximum absolute atomic E-state index is 11.9. The third-order valence-electron chi connectivity index (χ3n) is 4.63. The highest BCUT2D eigenvalue weighted by Gasteiger charge is 2.16. The first kappa shape index (κ1) is 34.3. The van der Waals surface area contributed by atoms with Crippen LogP contribution in [0.5, 0.6) is 11.5 Å². The van der Waals surface area contributed by atoms with Gasteiger partial charge in [-0.1, -0.05) is 0 Å². The van der Waals surface area contributed by atoms with Gasteiger partial charge in [-0.3, -0.25) is 26.8 Å². The molecule has 0 saturated heterocycles. The normalized spacial score (nSPS) is 11.4. The van der Waals surface area contributed by atoms with Crippen LogP contribution in [0.1, 0.15) is 0 Å². The summed E-state index contributed by atoms with van der Waals surface area (Å²) in [5.74, 6) is 5.28. The molecule has 0 aromatic heterocycles. The summed E-state index contributed by atoms with van der Waals surface area (Å²) in [6, 6.07) is 12.5. The van der Waals surface area contributed by atoms with Crippen molar-refractivity contribution >= 4 is 47.8 Å². The van der Waals surface area contributed by atoms with Crippen LogP contribution in [0.2, 0.25) is 0 Å². The average Bonchev–Trinajstić information content (AvgIpc) is 2.96. The molecule has 0 radical (unpaired) electrons.